The average molecular weight is 356 g/mol. The van der Waals surface area contributed by atoms with Crippen molar-refractivity contribution in [3.8, 4) is 5.75 Å². The fourth-order valence-corrected chi connectivity index (χ4v) is 2.74. The minimum Gasteiger partial charge on any atom is -0.484 e. The molecule has 2 rings (SSSR count). The summed E-state index contributed by atoms with van der Waals surface area (Å²) >= 11 is 3.37. The number of nitrogens with zero attached hydrogens (tertiary/aromatic N) is 1. The summed E-state index contributed by atoms with van der Waals surface area (Å²) in [5, 5.41) is 0. The van der Waals surface area contributed by atoms with Crippen LogP contribution in [0, 0.1) is 5.92 Å². The van der Waals surface area contributed by atoms with Crippen molar-refractivity contribution in [2.24, 2.45) is 5.92 Å². The molecule has 0 saturated carbocycles. The smallest absolute Gasteiger partial charge is 0.260 e. The number of carbonyl (C=O) groups excluding carboxylic acids is 1. The van der Waals surface area contributed by atoms with Crippen molar-refractivity contribution < 1.29 is 14.3 Å². The average Bonchev–Trinajstić information content (AvgIpc) is 2.52. The van der Waals surface area contributed by atoms with Crippen LogP contribution in [0.5, 0.6) is 5.75 Å². The summed E-state index contributed by atoms with van der Waals surface area (Å²) in [5.74, 6) is 1.23. The summed E-state index contributed by atoms with van der Waals surface area (Å²) < 4.78 is 12.0. The van der Waals surface area contributed by atoms with Crippen LogP contribution in [-0.4, -0.2) is 43.7 Å². The Morgan fingerprint density at radius 3 is 2.86 bits per heavy atom. The summed E-state index contributed by atoms with van der Waals surface area (Å²) in [7, 11) is 0. The molecule has 1 unspecified atom stereocenters. The first-order chi connectivity index (χ1) is 10.2. The van der Waals surface area contributed by atoms with Crippen molar-refractivity contribution in [2.75, 3.05) is 32.9 Å². The van der Waals surface area contributed by atoms with Crippen LogP contribution < -0.4 is 4.74 Å². The van der Waals surface area contributed by atoms with Crippen molar-refractivity contribution in [1.82, 2.24) is 4.90 Å². The van der Waals surface area contributed by atoms with Crippen LogP contribution >= 0.6 is 15.9 Å². The van der Waals surface area contributed by atoms with Crippen LogP contribution in [0.1, 0.15) is 19.8 Å². The summed E-state index contributed by atoms with van der Waals surface area (Å²) in [4.78, 5) is 14.1. The zero-order valence-corrected chi connectivity index (χ0v) is 14.0. The maximum absolute atomic E-state index is 12.2. The van der Waals surface area contributed by atoms with Gasteiger partial charge in [-0.15, -0.1) is 0 Å². The Morgan fingerprint density at radius 1 is 1.38 bits per heavy atom. The molecule has 1 aromatic carbocycles. The number of likely N-dealkylation sites (tertiary alicyclic amines) is 1. The highest BCUT2D eigenvalue weighted by Gasteiger charge is 2.23. The minimum absolute atomic E-state index is 0.0547. The van der Waals surface area contributed by atoms with Crippen molar-refractivity contribution in [3.63, 3.8) is 0 Å². The monoisotopic (exact) mass is 355 g/mol. The third-order valence-corrected chi connectivity index (χ3v) is 4.13. The maximum atomic E-state index is 12.2. The van der Waals surface area contributed by atoms with Crippen molar-refractivity contribution in [1.29, 1.82) is 0 Å². The van der Waals surface area contributed by atoms with Gasteiger partial charge in [0.05, 0.1) is 6.61 Å². The van der Waals surface area contributed by atoms with Gasteiger partial charge in [-0.25, -0.2) is 0 Å². The number of ether oxygens (including phenoxy) is 2. The molecule has 1 aliphatic heterocycles. The van der Waals surface area contributed by atoms with Crippen LogP contribution in [0.25, 0.3) is 0 Å². The maximum Gasteiger partial charge on any atom is 0.260 e. The Bertz CT molecular complexity index is 449. The molecule has 1 amide bonds. The fourth-order valence-electron chi connectivity index (χ4n) is 2.48. The molecule has 1 saturated heterocycles. The number of rotatable bonds is 6. The molecule has 0 spiro atoms. The van der Waals surface area contributed by atoms with Gasteiger partial charge in [-0.05, 0) is 49.9 Å². The van der Waals surface area contributed by atoms with Gasteiger partial charge in [-0.3, -0.25) is 4.79 Å². The number of halogens is 1. The second-order valence-electron chi connectivity index (χ2n) is 5.25. The highest BCUT2D eigenvalue weighted by atomic mass is 79.9. The summed E-state index contributed by atoms with van der Waals surface area (Å²) in [6.45, 7) is 5.18. The first-order valence-electron chi connectivity index (χ1n) is 7.43. The lowest BCUT2D eigenvalue weighted by atomic mass is 9.99. The predicted octanol–water partition coefficient (Wildman–Crippen LogP) is 3.10. The molecule has 0 N–H and O–H groups in total. The highest BCUT2D eigenvalue weighted by Crippen LogP contribution is 2.18. The molecule has 1 heterocycles. The number of hydrogen-bond acceptors (Lipinski definition) is 3. The standard InChI is InChI=1S/C16H22BrNO3/c1-2-20-11-13-4-3-9-18(10-13)16(19)12-21-15-7-5-14(17)6-8-15/h5-8,13H,2-4,9-12H2,1H3. The Kier molecular flexibility index (Phi) is 6.51. The molecule has 1 fully saturated rings. The summed E-state index contributed by atoms with van der Waals surface area (Å²) in [5.41, 5.74) is 0. The van der Waals surface area contributed by atoms with E-state index < -0.39 is 0 Å². The van der Waals surface area contributed by atoms with Gasteiger partial charge in [0.25, 0.3) is 5.91 Å². The molecule has 21 heavy (non-hydrogen) atoms. The Morgan fingerprint density at radius 2 is 2.14 bits per heavy atom. The molecule has 0 aliphatic carbocycles. The number of carbonyl (C=O) groups is 1. The normalized spacial score (nSPS) is 18.6. The Balaban J connectivity index is 1.78. The first kappa shape index (κ1) is 16.3. The second-order valence-corrected chi connectivity index (χ2v) is 6.17. The summed E-state index contributed by atoms with van der Waals surface area (Å²) in [6.07, 6.45) is 2.18. The number of piperidine rings is 1. The van der Waals surface area contributed by atoms with Crippen LogP contribution in [0.15, 0.2) is 28.7 Å². The van der Waals surface area contributed by atoms with Gasteiger partial charge >= 0.3 is 0 Å². The Labute approximate surface area is 134 Å². The second kappa shape index (κ2) is 8.39. The number of benzene rings is 1. The quantitative estimate of drug-likeness (QED) is 0.786. The van der Waals surface area contributed by atoms with Crippen LogP contribution in [0.4, 0.5) is 0 Å². The number of amides is 1. The SMILES string of the molecule is CCOCC1CCCN(C(=O)COc2ccc(Br)cc2)C1. The minimum atomic E-state index is 0.0547. The number of hydrogen-bond donors (Lipinski definition) is 0. The van der Waals surface area contributed by atoms with Crippen molar-refractivity contribution in [2.45, 2.75) is 19.8 Å². The van der Waals surface area contributed by atoms with E-state index in [-0.39, 0.29) is 12.5 Å². The summed E-state index contributed by atoms with van der Waals surface area (Å²) in [6, 6.07) is 7.51. The largest absolute Gasteiger partial charge is 0.484 e. The van der Waals surface area contributed by atoms with Gasteiger partial charge in [0.15, 0.2) is 6.61 Å². The molecule has 1 aliphatic rings. The Hall–Kier alpha value is -1.07. The van der Waals surface area contributed by atoms with E-state index in [0.717, 1.165) is 49.4 Å². The van der Waals surface area contributed by atoms with E-state index in [1.54, 1.807) is 0 Å². The van der Waals surface area contributed by atoms with Gasteiger partial charge in [-0.2, -0.15) is 0 Å². The van der Waals surface area contributed by atoms with Gasteiger partial charge < -0.3 is 14.4 Å². The topological polar surface area (TPSA) is 38.8 Å². The zero-order valence-electron chi connectivity index (χ0n) is 12.4. The van der Waals surface area contributed by atoms with Gasteiger partial charge in [0.2, 0.25) is 0 Å². The van der Waals surface area contributed by atoms with Gasteiger partial charge in [-0.1, -0.05) is 15.9 Å². The van der Waals surface area contributed by atoms with E-state index in [1.807, 2.05) is 36.1 Å². The van der Waals surface area contributed by atoms with Gasteiger partial charge in [0.1, 0.15) is 5.75 Å². The van der Waals surface area contributed by atoms with E-state index in [4.69, 9.17) is 9.47 Å². The molecule has 5 heteroatoms. The third kappa shape index (κ3) is 5.32. The van der Waals surface area contributed by atoms with Crippen LogP contribution in [-0.2, 0) is 9.53 Å². The van der Waals surface area contributed by atoms with Gasteiger partial charge in [0, 0.05) is 24.2 Å². The predicted molar refractivity (Wildman–Crippen MR) is 85.4 cm³/mol. The highest BCUT2D eigenvalue weighted by molar-refractivity contribution is 9.10. The lowest BCUT2D eigenvalue weighted by molar-refractivity contribution is -0.135. The fraction of sp³-hybridized carbons (Fsp3) is 0.562. The lowest BCUT2D eigenvalue weighted by Crippen LogP contribution is -2.43. The van der Waals surface area contributed by atoms with Crippen LogP contribution in [0.3, 0.4) is 0 Å². The molecular weight excluding hydrogens is 334 g/mol. The lowest BCUT2D eigenvalue weighted by Gasteiger charge is -2.32. The van der Waals surface area contributed by atoms with E-state index in [2.05, 4.69) is 15.9 Å². The molecule has 4 nitrogen and oxygen atoms in total. The van der Waals surface area contributed by atoms with E-state index >= 15 is 0 Å². The van der Waals surface area contributed by atoms with E-state index in [0.29, 0.717) is 5.92 Å². The van der Waals surface area contributed by atoms with E-state index in [9.17, 15) is 4.79 Å². The molecular formula is C16H22BrNO3. The third-order valence-electron chi connectivity index (χ3n) is 3.61. The van der Waals surface area contributed by atoms with Crippen molar-refractivity contribution in [3.05, 3.63) is 28.7 Å². The molecule has 116 valence electrons. The molecule has 1 atom stereocenters. The van der Waals surface area contributed by atoms with Crippen molar-refractivity contribution >= 4 is 21.8 Å². The molecule has 1 aromatic rings. The zero-order chi connectivity index (χ0) is 15.1. The molecule has 0 bridgehead atoms. The molecule has 0 radical (unpaired) electrons. The van der Waals surface area contributed by atoms with Crippen LogP contribution in [0.2, 0.25) is 0 Å². The first-order valence-corrected chi connectivity index (χ1v) is 8.22. The van der Waals surface area contributed by atoms with E-state index in [1.165, 1.54) is 0 Å². The molecule has 0 aromatic heterocycles.